The highest BCUT2D eigenvalue weighted by atomic mass is 79.9. The summed E-state index contributed by atoms with van der Waals surface area (Å²) >= 11 is 3.10. The number of hydrogen-bond donors (Lipinski definition) is 1. The Labute approximate surface area is 129 Å². The molecule has 1 aromatic carbocycles. The predicted octanol–water partition coefficient (Wildman–Crippen LogP) is 3.70. The van der Waals surface area contributed by atoms with Crippen LogP contribution in [0, 0.1) is 0 Å². The topological polar surface area (TPSA) is 29.9 Å². The maximum Gasteiger partial charge on any atom is 0.416 e. The largest absolute Gasteiger partial charge is 0.416 e. The van der Waals surface area contributed by atoms with Gasteiger partial charge in [-0.1, -0.05) is 22.0 Å². The lowest BCUT2D eigenvalue weighted by Crippen LogP contribution is -2.24. The SMILES string of the molecule is CNC(Cc1nccn1C)c1ccc(Br)cc1C(F)(F)F. The Morgan fingerprint density at radius 1 is 1.38 bits per heavy atom. The summed E-state index contributed by atoms with van der Waals surface area (Å²) in [5, 5.41) is 2.95. The van der Waals surface area contributed by atoms with E-state index in [1.54, 1.807) is 30.1 Å². The molecule has 0 amide bonds. The number of likely N-dealkylation sites (N-methyl/N-ethyl adjacent to an activating group) is 1. The van der Waals surface area contributed by atoms with Crippen LogP contribution in [-0.4, -0.2) is 16.6 Å². The van der Waals surface area contributed by atoms with Crippen LogP contribution in [-0.2, 0) is 19.6 Å². The van der Waals surface area contributed by atoms with Crippen molar-refractivity contribution in [3.05, 3.63) is 52.0 Å². The Hall–Kier alpha value is -1.34. The summed E-state index contributed by atoms with van der Waals surface area (Å²) in [5.74, 6) is 0.727. The molecule has 0 aliphatic rings. The summed E-state index contributed by atoms with van der Waals surface area (Å²) in [6.07, 6.45) is -0.608. The molecular formula is C14H15BrF3N3. The number of benzene rings is 1. The van der Waals surface area contributed by atoms with E-state index in [-0.39, 0.29) is 5.56 Å². The van der Waals surface area contributed by atoms with Crippen molar-refractivity contribution in [3.8, 4) is 0 Å². The highest BCUT2D eigenvalue weighted by Gasteiger charge is 2.35. The third-order valence-corrected chi connectivity index (χ3v) is 3.85. The lowest BCUT2D eigenvalue weighted by atomic mass is 9.97. The van der Waals surface area contributed by atoms with Crippen molar-refractivity contribution < 1.29 is 13.2 Å². The quantitative estimate of drug-likeness (QED) is 0.899. The van der Waals surface area contributed by atoms with E-state index in [0.29, 0.717) is 10.9 Å². The zero-order valence-corrected chi connectivity index (χ0v) is 13.2. The minimum atomic E-state index is -4.39. The molecule has 1 unspecified atom stereocenters. The van der Waals surface area contributed by atoms with Crippen LogP contribution in [0.4, 0.5) is 13.2 Å². The maximum atomic E-state index is 13.2. The van der Waals surface area contributed by atoms with E-state index in [9.17, 15) is 13.2 Å². The summed E-state index contributed by atoms with van der Waals surface area (Å²) < 4.78 is 41.9. The van der Waals surface area contributed by atoms with Crippen molar-refractivity contribution in [2.75, 3.05) is 7.05 Å². The summed E-state index contributed by atoms with van der Waals surface area (Å²) in [6.45, 7) is 0. The van der Waals surface area contributed by atoms with Crippen LogP contribution in [0.3, 0.4) is 0 Å². The lowest BCUT2D eigenvalue weighted by molar-refractivity contribution is -0.138. The summed E-state index contributed by atoms with van der Waals surface area (Å²) in [5.41, 5.74) is -0.415. The Kier molecular flexibility index (Phi) is 4.73. The molecule has 1 N–H and O–H groups in total. The number of alkyl halides is 3. The Bertz CT molecular complexity index is 622. The van der Waals surface area contributed by atoms with Gasteiger partial charge in [0.2, 0.25) is 0 Å². The minimum Gasteiger partial charge on any atom is -0.338 e. The molecule has 0 aliphatic heterocycles. The maximum absolute atomic E-state index is 13.2. The normalized spacial score (nSPS) is 13.4. The van der Waals surface area contributed by atoms with Gasteiger partial charge in [-0.3, -0.25) is 0 Å². The number of rotatable bonds is 4. The molecule has 0 saturated carbocycles. The van der Waals surface area contributed by atoms with Crippen LogP contribution in [0.25, 0.3) is 0 Å². The standard InChI is InChI=1S/C14H15BrF3N3/c1-19-12(8-13-20-5-6-21(13)2)10-4-3-9(15)7-11(10)14(16,17)18/h3-7,12,19H,8H2,1-2H3. The van der Waals surface area contributed by atoms with Crippen molar-refractivity contribution in [2.24, 2.45) is 7.05 Å². The van der Waals surface area contributed by atoms with Gasteiger partial charge in [-0.2, -0.15) is 13.2 Å². The van der Waals surface area contributed by atoms with Gasteiger partial charge in [0, 0.05) is 36.4 Å². The third kappa shape index (κ3) is 3.65. The zero-order chi connectivity index (χ0) is 15.6. The van der Waals surface area contributed by atoms with Crippen LogP contribution >= 0.6 is 15.9 Å². The van der Waals surface area contributed by atoms with Crippen LogP contribution in [0.15, 0.2) is 35.1 Å². The first-order valence-electron chi connectivity index (χ1n) is 6.33. The monoisotopic (exact) mass is 361 g/mol. The minimum absolute atomic E-state index is 0.219. The molecule has 0 aliphatic carbocycles. The smallest absolute Gasteiger partial charge is 0.338 e. The fourth-order valence-corrected chi connectivity index (χ4v) is 2.58. The second-order valence-electron chi connectivity index (χ2n) is 4.73. The molecule has 0 radical (unpaired) electrons. The number of nitrogens with one attached hydrogen (secondary N) is 1. The number of aryl methyl sites for hydroxylation is 1. The molecule has 0 saturated heterocycles. The molecule has 0 fully saturated rings. The molecule has 2 aromatic rings. The van der Waals surface area contributed by atoms with Crippen LogP contribution in [0.5, 0.6) is 0 Å². The van der Waals surface area contributed by atoms with E-state index in [0.717, 1.165) is 11.9 Å². The van der Waals surface area contributed by atoms with E-state index in [2.05, 4.69) is 26.2 Å². The molecule has 1 atom stereocenters. The van der Waals surface area contributed by atoms with Gasteiger partial charge < -0.3 is 9.88 Å². The van der Waals surface area contributed by atoms with E-state index in [1.165, 1.54) is 6.07 Å². The number of halogens is 4. The number of aromatic nitrogens is 2. The molecular weight excluding hydrogens is 347 g/mol. The summed E-state index contributed by atoms with van der Waals surface area (Å²) in [7, 11) is 3.47. The van der Waals surface area contributed by atoms with E-state index < -0.39 is 17.8 Å². The fraction of sp³-hybridized carbons (Fsp3) is 0.357. The average molecular weight is 362 g/mol. The molecule has 1 heterocycles. The highest BCUT2D eigenvalue weighted by Crippen LogP contribution is 2.37. The van der Waals surface area contributed by atoms with E-state index in [1.807, 2.05) is 7.05 Å². The Morgan fingerprint density at radius 2 is 2.10 bits per heavy atom. The highest BCUT2D eigenvalue weighted by molar-refractivity contribution is 9.10. The van der Waals surface area contributed by atoms with Gasteiger partial charge in [0.25, 0.3) is 0 Å². The van der Waals surface area contributed by atoms with E-state index in [4.69, 9.17) is 0 Å². The molecule has 114 valence electrons. The Morgan fingerprint density at radius 3 is 2.62 bits per heavy atom. The first-order chi connectivity index (χ1) is 9.82. The second-order valence-corrected chi connectivity index (χ2v) is 5.64. The lowest BCUT2D eigenvalue weighted by Gasteiger charge is -2.21. The van der Waals surface area contributed by atoms with Crippen molar-refractivity contribution in [3.63, 3.8) is 0 Å². The van der Waals surface area contributed by atoms with Crippen molar-refractivity contribution >= 4 is 15.9 Å². The number of nitrogens with zero attached hydrogens (tertiary/aromatic N) is 2. The van der Waals surface area contributed by atoms with Gasteiger partial charge in [0.1, 0.15) is 5.82 Å². The zero-order valence-electron chi connectivity index (χ0n) is 11.6. The van der Waals surface area contributed by atoms with Crippen LogP contribution < -0.4 is 5.32 Å². The molecule has 0 spiro atoms. The molecule has 3 nitrogen and oxygen atoms in total. The number of hydrogen-bond acceptors (Lipinski definition) is 2. The first kappa shape index (κ1) is 16.0. The van der Waals surface area contributed by atoms with Crippen LogP contribution in [0.2, 0.25) is 0 Å². The molecule has 21 heavy (non-hydrogen) atoms. The average Bonchev–Trinajstić information content (AvgIpc) is 2.81. The number of imidazole rings is 1. The van der Waals surface area contributed by atoms with Crippen molar-refractivity contribution in [1.82, 2.24) is 14.9 Å². The van der Waals surface area contributed by atoms with Gasteiger partial charge in [-0.15, -0.1) is 0 Å². The first-order valence-corrected chi connectivity index (χ1v) is 7.12. The van der Waals surface area contributed by atoms with Gasteiger partial charge in [0.15, 0.2) is 0 Å². The van der Waals surface area contributed by atoms with Gasteiger partial charge in [-0.05, 0) is 24.7 Å². The van der Waals surface area contributed by atoms with Crippen LogP contribution in [0.1, 0.15) is 23.0 Å². The molecule has 0 bridgehead atoms. The molecule has 7 heteroatoms. The van der Waals surface area contributed by atoms with Crippen molar-refractivity contribution in [2.45, 2.75) is 18.6 Å². The summed E-state index contributed by atoms with van der Waals surface area (Å²) in [6, 6.07) is 3.76. The van der Waals surface area contributed by atoms with Gasteiger partial charge >= 0.3 is 6.18 Å². The molecule has 2 rings (SSSR count). The van der Waals surface area contributed by atoms with Gasteiger partial charge in [0.05, 0.1) is 5.56 Å². The van der Waals surface area contributed by atoms with Crippen molar-refractivity contribution in [1.29, 1.82) is 0 Å². The third-order valence-electron chi connectivity index (χ3n) is 3.35. The van der Waals surface area contributed by atoms with E-state index >= 15 is 0 Å². The summed E-state index contributed by atoms with van der Waals surface area (Å²) in [4.78, 5) is 4.17. The Balaban J connectivity index is 2.40. The van der Waals surface area contributed by atoms with Gasteiger partial charge in [-0.25, -0.2) is 4.98 Å². The molecule has 1 aromatic heterocycles. The second kappa shape index (κ2) is 6.19. The predicted molar refractivity (Wildman–Crippen MR) is 77.9 cm³/mol. The fourth-order valence-electron chi connectivity index (χ4n) is 2.22.